The number of amidine groups is 1. The highest BCUT2D eigenvalue weighted by Crippen LogP contribution is 2.12. The second-order valence-corrected chi connectivity index (χ2v) is 5.34. The summed E-state index contributed by atoms with van der Waals surface area (Å²) in [6, 6.07) is 14.3. The lowest BCUT2D eigenvalue weighted by Crippen LogP contribution is -2.06. The zero-order valence-electron chi connectivity index (χ0n) is 11.7. The Morgan fingerprint density at radius 3 is 2.77 bits per heavy atom. The molecule has 5 heteroatoms. The van der Waals surface area contributed by atoms with E-state index in [0.29, 0.717) is 10.7 Å². The number of nitrogens with two attached hydrogens (primary N) is 1. The Labute approximate surface area is 133 Å². The molecule has 0 spiro atoms. The van der Waals surface area contributed by atoms with Crippen LogP contribution in [-0.2, 0) is 5.75 Å². The molecule has 3 nitrogen and oxygen atoms in total. The van der Waals surface area contributed by atoms with Crippen LogP contribution in [0.2, 0.25) is 0 Å². The van der Waals surface area contributed by atoms with E-state index in [2.05, 4.69) is 16.1 Å². The van der Waals surface area contributed by atoms with Crippen molar-refractivity contribution in [3.8, 4) is 12.3 Å². The number of rotatable bonds is 4. The summed E-state index contributed by atoms with van der Waals surface area (Å²) in [7, 11) is 0. The first kappa shape index (κ1) is 15.8. The zero-order chi connectivity index (χ0) is 15.8. The van der Waals surface area contributed by atoms with Gasteiger partial charge in [0.15, 0.2) is 5.17 Å². The lowest BCUT2D eigenvalue weighted by molar-refractivity contribution is 0.624. The van der Waals surface area contributed by atoms with Crippen LogP contribution in [0.1, 0.15) is 16.7 Å². The van der Waals surface area contributed by atoms with E-state index in [1.54, 1.807) is 6.07 Å². The molecular formula is C17H14FN3S. The van der Waals surface area contributed by atoms with E-state index in [0.717, 1.165) is 11.3 Å². The minimum Gasteiger partial charge on any atom is -0.377 e. The first-order valence-corrected chi connectivity index (χ1v) is 7.47. The van der Waals surface area contributed by atoms with Crippen LogP contribution in [0.4, 0.5) is 4.39 Å². The van der Waals surface area contributed by atoms with Crippen molar-refractivity contribution in [2.75, 3.05) is 0 Å². The summed E-state index contributed by atoms with van der Waals surface area (Å²) in [6.45, 7) is 0. The Kier molecular flexibility index (Phi) is 5.75. The molecule has 2 aromatic rings. The minimum absolute atomic E-state index is 0.194. The van der Waals surface area contributed by atoms with Gasteiger partial charge in [0.2, 0.25) is 0 Å². The van der Waals surface area contributed by atoms with E-state index in [1.165, 1.54) is 30.1 Å². The molecule has 0 radical (unpaired) electrons. The van der Waals surface area contributed by atoms with Crippen molar-refractivity contribution >= 4 is 23.1 Å². The van der Waals surface area contributed by atoms with Crippen LogP contribution in [0.25, 0.3) is 0 Å². The highest BCUT2D eigenvalue weighted by atomic mass is 32.2. The van der Waals surface area contributed by atoms with E-state index >= 15 is 0 Å². The minimum atomic E-state index is -0.430. The monoisotopic (exact) mass is 311 g/mol. The molecular weight excluding hydrogens is 297 g/mol. The van der Waals surface area contributed by atoms with E-state index in [4.69, 9.17) is 12.2 Å². The third kappa shape index (κ3) is 4.76. The second kappa shape index (κ2) is 8.01. The van der Waals surface area contributed by atoms with Gasteiger partial charge in [0.1, 0.15) is 5.82 Å². The van der Waals surface area contributed by atoms with Gasteiger partial charge < -0.3 is 5.73 Å². The standard InChI is InChI=1S/C17H14FN3S/c1-2-15-10-14(8-9-16(15)18)11-20-21-17(19)22-12-13-6-4-3-5-7-13/h1,3-11H,12H2,(H2,19,21). The summed E-state index contributed by atoms with van der Waals surface area (Å²) in [5.41, 5.74) is 7.79. The van der Waals surface area contributed by atoms with Crippen molar-refractivity contribution < 1.29 is 4.39 Å². The molecule has 2 aromatic carbocycles. The van der Waals surface area contributed by atoms with Crippen molar-refractivity contribution in [1.29, 1.82) is 0 Å². The fourth-order valence-corrected chi connectivity index (χ4v) is 2.26. The molecule has 0 atom stereocenters. The van der Waals surface area contributed by atoms with Gasteiger partial charge in [-0.3, -0.25) is 0 Å². The number of halogens is 1. The molecule has 0 saturated carbocycles. The van der Waals surface area contributed by atoms with Gasteiger partial charge in [-0.2, -0.15) is 5.10 Å². The van der Waals surface area contributed by atoms with Gasteiger partial charge in [-0.05, 0) is 23.3 Å². The van der Waals surface area contributed by atoms with Gasteiger partial charge >= 0.3 is 0 Å². The number of terminal acetylenes is 1. The lowest BCUT2D eigenvalue weighted by atomic mass is 10.1. The summed E-state index contributed by atoms with van der Waals surface area (Å²) in [4.78, 5) is 0. The van der Waals surface area contributed by atoms with Gasteiger partial charge in [0.05, 0.1) is 11.8 Å². The molecule has 110 valence electrons. The van der Waals surface area contributed by atoms with Crippen LogP contribution in [-0.4, -0.2) is 11.4 Å². The molecule has 0 aromatic heterocycles. The first-order valence-electron chi connectivity index (χ1n) is 6.48. The highest BCUT2D eigenvalue weighted by molar-refractivity contribution is 8.13. The average molecular weight is 311 g/mol. The number of thioether (sulfide) groups is 1. The summed E-state index contributed by atoms with van der Waals surface area (Å²) in [5, 5.41) is 8.14. The Bertz CT molecular complexity index is 733. The maximum Gasteiger partial charge on any atom is 0.180 e. The predicted molar refractivity (Wildman–Crippen MR) is 91.3 cm³/mol. The Morgan fingerprint density at radius 2 is 2.05 bits per heavy atom. The Morgan fingerprint density at radius 1 is 1.27 bits per heavy atom. The van der Waals surface area contributed by atoms with Crippen LogP contribution in [0.5, 0.6) is 0 Å². The van der Waals surface area contributed by atoms with Crippen molar-refractivity contribution in [1.82, 2.24) is 0 Å². The van der Waals surface area contributed by atoms with Crippen molar-refractivity contribution in [2.24, 2.45) is 15.9 Å². The normalized spacial score (nSPS) is 11.5. The quantitative estimate of drug-likeness (QED) is 0.407. The molecule has 22 heavy (non-hydrogen) atoms. The molecule has 0 saturated heterocycles. The molecule has 0 fully saturated rings. The van der Waals surface area contributed by atoms with Gasteiger partial charge in [0, 0.05) is 5.75 Å². The van der Waals surface area contributed by atoms with Crippen molar-refractivity contribution in [2.45, 2.75) is 5.75 Å². The molecule has 0 aliphatic carbocycles. The smallest absolute Gasteiger partial charge is 0.180 e. The average Bonchev–Trinajstić information content (AvgIpc) is 2.55. The zero-order valence-corrected chi connectivity index (χ0v) is 12.6. The van der Waals surface area contributed by atoms with E-state index in [1.807, 2.05) is 30.3 Å². The lowest BCUT2D eigenvalue weighted by Gasteiger charge is -1.99. The Balaban J connectivity index is 1.94. The number of nitrogens with zero attached hydrogens (tertiary/aromatic N) is 2. The van der Waals surface area contributed by atoms with E-state index in [-0.39, 0.29) is 5.56 Å². The molecule has 0 heterocycles. The van der Waals surface area contributed by atoms with Crippen LogP contribution in [0.15, 0.2) is 58.7 Å². The number of hydrogen-bond donors (Lipinski definition) is 1. The third-order valence-corrected chi connectivity index (χ3v) is 3.59. The van der Waals surface area contributed by atoms with Crippen LogP contribution in [0.3, 0.4) is 0 Å². The molecule has 0 amide bonds. The predicted octanol–water partition coefficient (Wildman–Crippen LogP) is 3.39. The fourth-order valence-electron chi connectivity index (χ4n) is 1.65. The van der Waals surface area contributed by atoms with Crippen molar-refractivity contribution in [3.63, 3.8) is 0 Å². The van der Waals surface area contributed by atoms with Gasteiger partial charge in [-0.1, -0.05) is 54.1 Å². The van der Waals surface area contributed by atoms with Gasteiger partial charge in [-0.25, -0.2) is 4.39 Å². The topological polar surface area (TPSA) is 50.7 Å². The summed E-state index contributed by atoms with van der Waals surface area (Å²) >= 11 is 1.40. The van der Waals surface area contributed by atoms with E-state index in [9.17, 15) is 4.39 Å². The molecule has 2 N–H and O–H groups in total. The summed E-state index contributed by atoms with van der Waals surface area (Å²) < 4.78 is 13.2. The van der Waals surface area contributed by atoms with Gasteiger partial charge in [-0.15, -0.1) is 11.5 Å². The molecule has 0 bridgehead atoms. The Hall–Kier alpha value is -2.58. The molecule has 0 unspecified atom stereocenters. The maximum absolute atomic E-state index is 13.2. The fraction of sp³-hybridized carbons (Fsp3) is 0.0588. The largest absolute Gasteiger partial charge is 0.377 e. The summed E-state index contributed by atoms with van der Waals surface area (Å²) in [5.74, 6) is 2.57. The SMILES string of the molecule is C#Cc1cc(C=NN=C(N)SCc2ccccc2)ccc1F. The van der Waals surface area contributed by atoms with Gasteiger partial charge in [0.25, 0.3) is 0 Å². The van der Waals surface area contributed by atoms with Crippen LogP contribution in [0, 0.1) is 18.2 Å². The van der Waals surface area contributed by atoms with E-state index < -0.39 is 5.82 Å². The third-order valence-electron chi connectivity index (χ3n) is 2.74. The van der Waals surface area contributed by atoms with Crippen LogP contribution >= 0.6 is 11.8 Å². The first-order chi connectivity index (χ1) is 10.7. The maximum atomic E-state index is 13.2. The van der Waals surface area contributed by atoms with Crippen LogP contribution < -0.4 is 5.73 Å². The molecule has 2 rings (SSSR count). The molecule has 0 aliphatic rings. The summed E-state index contributed by atoms with van der Waals surface area (Å²) in [6.07, 6.45) is 6.69. The number of hydrogen-bond acceptors (Lipinski definition) is 3. The highest BCUT2D eigenvalue weighted by Gasteiger charge is 1.99. The number of benzene rings is 2. The van der Waals surface area contributed by atoms with Crippen molar-refractivity contribution in [3.05, 3.63) is 71.0 Å². The second-order valence-electron chi connectivity index (χ2n) is 4.34. The molecule has 0 aliphatic heterocycles.